The van der Waals surface area contributed by atoms with Crippen molar-refractivity contribution in [2.45, 2.75) is 18.6 Å². The van der Waals surface area contributed by atoms with E-state index in [9.17, 15) is 9.90 Å². The third-order valence-corrected chi connectivity index (χ3v) is 2.39. The molecule has 0 aromatic carbocycles. The Balaban J connectivity index is 2.20. The van der Waals surface area contributed by atoms with E-state index in [-0.39, 0.29) is 19.1 Å². The molecule has 106 valence electrons. The molecule has 1 rings (SSSR count). The largest absolute Gasteiger partial charge is 0.389 e. The second kappa shape index (κ2) is 8.41. The average Bonchev–Trinajstić information content (AvgIpc) is 2.89. The molecule has 1 heterocycles. The Labute approximate surface area is 111 Å². The van der Waals surface area contributed by atoms with Gasteiger partial charge in [0.05, 0.1) is 31.7 Å². The molecule has 0 aliphatic rings. The minimum Gasteiger partial charge on any atom is -0.389 e. The van der Waals surface area contributed by atoms with Crippen LogP contribution in [0.5, 0.6) is 0 Å². The highest BCUT2D eigenvalue weighted by molar-refractivity contribution is 5.81. The van der Waals surface area contributed by atoms with E-state index in [0.717, 1.165) is 5.69 Å². The van der Waals surface area contributed by atoms with Crippen molar-refractivity contribution in [1.29, 1.82) is 0 Å². The van der Waals surface area contributed by atoms with Gasteiger partial charge in [-0.1, -0.05) is 6.08 Å². The van der Waals surface area contributed by atoms with Crippen LogP contribution in [0.15, 0.2) is 25.2 Å². The molecule has 0 saturated carbocycles. The first-order chi connectivity index (χ1) is 9.13. The number of aliphatic hydroxyl groups is 1. The molecule has 1 aromatic heterocycles. The average molecular weight is 268 g/mol. The fourth-order valence-electron chi connectivity index (χ4n) is 1.42. The maximum absolute atomic E-state index is 11.7. The van der Waals surface area contributed by atoms with Gasteiger partial charge in [0, 0.05) is 24.9 Å². The molecule has 7 heteroatoms. The van der Waals surface area contributed by atoms with Crippen LogP contribution in [-0.4, -0.2) is 52.9 Å². The summed E-state index contributed by atoms with van der Waals surface area (Å²) in [5, 5.41) is 12.1. The van der Waals surface area contributed by atoms with Gasteiger partial charge in [-0.25, -0.2) is 4.98 Å². The minimum atomic E-state index is -0.761. The molecular weight excluding hydrogens is 248 g/mol. The van der Waals surface area contributed by atoms with Gasteiger partial charge < -0.3 is 25.9 Å². The fourth-order valence-corrected chi connectivity index (χ4v) is 1.42. The highest BCUT2D eigenvalue weighted by Crippen LogP contribution is 1.96. The lowest BCUT2D eigenvalue weighted by Crippen LogP contribution is -2.45. The summed E-state index contributed by atoms with van der Waals surface area (Å²) in [5.41, 5.74) is 6.52. The zero-order valence-corrected chi connectivity index (χ0v) is 10.7. The van der Waals surface area contributed by atoms with Crippen molar-refractivity contribution < 1.29 is 14.6 Å². The van der Waals surface area contributed by atoms with Gasteiger partial charge in [-0.3, -0.25) is 4.79 Å². The van der Waals surface area contributed by atoms with E-state index in [1.165, 1.54) is 6.33 Å². The van der Waals surface area contributed by atoms with Gasteiger partial charge >= 0.3 is 0 Å². The van der Waals surface area contributed by atoms with Crippen molar-refractivity contribution in [3.8, 4) is 0 Å². The van der Waals surface area contributed by atoms with Crippen molar-refractivity contribution in [1.82, 2.24) is 15.3 Å². The second-order valence-electron chi connectivity index (χ2n) is 4.11. The molecule has 0 aliphatic carbocycles. The molecule has 0 bridgehead atoms. The Morgan fingerprint density at radius 3 is 3.16 bits per heavy atom. The standard InChI is InChI=1S/C12H20N4O3/c1-2-3-19-7-10(17)6-15-12(18)11(13)4-9-5-14-8-16-9/h2,5,8,10-11,17H,1,3-4,6-7,13H2,(H,14,16)(H,15,18)/t10?,11-/m0/s1. The van der Waals surface area contributed by atoms with Crippen LogP contribution in [0.4, 0.5) is 0 Å². The van der Waals surface area contributed by atoms with Crippen LogP contribution < -0.4 is 11.1 Å². The predicted molar refractivity (Wildman–Crippen MR) is 70.3 cm³/mol. The first kappa shape index (κ1) is 15.4. The summed E-state index contributed by atoms with van der Waals surface area (Å²) in [7, 11) is 0. The number of rotatable bonds is 9. The van der Waals surface area contributed by atoms with Crippen molar-refractivity contribution in [2.75, 3.05) is 19.8 Å². The highest BCUT2D eigenvalue weighted by atomic mass is 16.5. The van der Waals surface area contributed by atoms with Gasteiger partial charge in [-0.15, -0.1) is 6.58 Å². The number of aliphatic hydroxyl groups excluding tert-OH is 1. The van der Waals surface area contributed by atoms with Gasteiger partial charge in [0.25, 0.3) is 0 Å². The summed E-state index contributed by atoms with van der Waals surface area (Å²) in [6.45, 7) is 4.10. The lowest BCUT2D eigenvalue weighted by Gasteiger charge is -2.14. The molecule has 5 N–H and O–H groups in total. The van der Waals surface area contributed by atoms with E-state index in [1.54, 1.807) is 12.3 Å². The lowest BCUT2D eigenvalue weighted by molar-refractivity contribution is -0.123. The summed E-state index contributed by atoms with van der Waals surface area (Å²) in [6.07, 6.45) is 4.34. The molecule has 2 atom stereocenters. The number of amides is 1. The number of H-pyrrole nitrogens is 1. The van der Waals surface area contributed by atoms with Crippen LogP contribution in [0.1, 0.15) is 5.69 Å². The summed E-state index contributed by atoms with van der Waals surface area (Å²) in [4.78, 5) is 18.4. The Hall–Kier alpha value is -1.70. The van der Waals surface area contributed by atoms with E-state index < -0.39 is 12.1 Å². The van der Waals surface area contributed by atoms with Crippen LogP contribution in [0.25, 0.3) is 0 Å². The molecular formula is C12H20N4O3. The first-order valence-corrected chi connectivity index (χ1v) is 6.00. The SMILES string of the molecule is C=CCOCC(O)CNC(=O)[C@@H](N)Cc1cnc[nH]1. The molecule has 0 fully saturated rings. The summed E-state index contributed by atoms with van der Waals surface area (Å²) >= 11 is 0. The second-order valence-corrected chi connectivity index (χ2v) is 4.11. The number of aromatic amines is 1. The van der Waals surface area contributed by atoms with E-state index in [2.05, 4.69) is 21.9 Å². The first-order valence-electron chi connectivity index (χ1n) is 6.00. The van der Waals surface area contributed by atoms with Crippen molar-refractivity contribution in [2.24, 2.45) is 5.73 Å². The number of aromatic nitrogens is 2. The third kappa shape index (κ3) is 6.14. The summed E-state index contributed by atoms with van der Waals surface area (Å²) in [5.74, 6) is -0.322. The summed E-state index contributed by atoms with van der Waals surface area (Å²) < 4.78 is 5.06. The zero-order valence-electron chi connectivity index (χ0n) is 10.7. The number of carbonyl (C=O) groups is 1. The Morgan fingerprint density at radius 1 is 1.74 bits per heavy atom. The number of nitrogens with zero attached hydrogens (tertiary/aromatic N) is 1. The minimum absolute atomic E-state index is 0.104. The van der Waals surface area contributed by atoms with Crippen molar-refractivity contribution in [3.05, 3.63) is 30.9 Å². The normalized spacial score (nSPS) is 13.8. The number of hydrogen-bond acceptors (Lipinski definition) is 5. The molecule has 0 aliphatic heterocycles. The maximum Gasteiger partial charge on any atom is 0.237 e. The maximum atomic E-state index is 11.7. The molecule has 1 unspecified atom stereocenters. The number of ether oxygens (including phenoxy) is 1. The topological polar surface area (TPSA) is 113 Å². The lowest BCUT2D eigenvalue weighted by atomic mass is 10.1. The van der Waals surface area contributed by atoms with Gasteiger partial charge in [0.15, 0.2) is 0 Å². The number of carbonyl (C=O) groups excluding carboxylic acids is 1. The molecule has 1 aromatic rings. The molecule has 0 radical (unpaired) electrons. The number of hydrogen-bond donors (Lipinski definition) is 4. The number of nitrogens with two attached hydrogens (primary N) is 1. The smallest absolute Gasteiger partial charge is 0.237 e. The van der Waals surface area contributed by atoms with Gasteiger partial charge in [0.1, 0.15) is 0 Å². The van der Waals surface area contributed by atoms with Crippen LogP contribution in [0.3, 0.4) is 0 Å². The molecule has 7 nitrogen and oxygen atoms in total. The van der Waals surface area contributed by atoms with Crippen molar-refractivity contribution >= 4 is 5.91 Å². The van der Waals surface area contributed by atoms with Gasteiger partial charge in [-0.05, 0) is 0 Å². The monoisotopic (exact) mass is 268 g/mol. The molecule has 19 heavy (non-hydrogen) atoms. The van der Waals surface area contributed by atoms with Gasteiger partial charge in [0.2, 0.25) is 5.91 Å². The quantitative estimate of drug-likeness (QED) is 0.337. The fraction of sp³-hybridized carbons (Fsp3) is 0.500. The van der Waals surface area contributed by atoms with Crippen LogP contribution in [0, 0.1) is 0 Å². The number of imidazole rings is 1. The van der Waals surface area contributed by atoms with Crippen LogP contribution in [-0.2, 0) is 16.0 Å². The van der Waals surface area contributed by atoms with Crippen molar-refractivity contribution in [3.63, 3.8) is 0 Å². The molecule has 0 spiro atoms. The Bertz CT molecular complexity index is 380. The highest BCUT2D eigenvalue weighted by Gasteiger charge is 2.15. The van der Waals surface area contributed by atoms with E-state index in [0.29, 0.717) is 13.0 Å². The Kier molecular flexibility index (Phi) is 6.80. The number of nitrogens with one attached hydrogen (secondary N) is 2. The zero-order chi connectivity index (χ0) is 14.1. The van der Waals surface area contributed by atoms with Gasteiger partial charge in [-0.2, -0.15) is 0 Å². The van der Waals surface area contributed by atoms with E-state index >= 15 is 0 Å². The van der Waals surface area contributed by atoms with Crippen LogP contribution >= 0.6 is 0 Å². The Morgan fingerprint density at radius 2 is 2.53 bits per heavy atom. The van der Waals surface area contributed by atoms with E-state index in [4.69, 9.17) is 10.5 Å². The molecule has 0 saturated heterocycles. The van der Waals surface area contributed by atoms with Crippen LogP contribution in [0.2, 0.25) is 0 Å². The summed E-state index contributed by atoms with van der Waals surface area (Å²) in [6, 6.07) is -0.679. The van der Waals surface area contributed by atoms with E-state index in [1.807, 2.05) is 0 Å². The molecule has 1 amide bonds. The predicted octanol–water partition coefficient (Wildman–Crippen LogP) is -1.04. The third-order valence-electron chi connectivity index (χ3n) is 2.39.